The molecule has 3 N–H and O–H groups in total. The fourth-order valence-electron chi connectivity index (χ4n) is 2.63. The molecule has 0 heterocycles. The fourth-order valence-corrected chi connectivity index (χ4v) is 4.10. The highest BCUT2D eigenvalue weighted by Crippen LogP contribution is 2.40. The summed E-state index contributed by atoms with van der Waals surface area (Å²) in [5.74, 6) is 0.774. The zero-order valence-corrected chi connectivity index (χ0v) is 12.8. The van der Waals surface area contributed by atoms with Crippen molar-refractivity contribution in [2.24, 2.45) is 11.7 Å². The Bertz CT molecular complexity index is 379. The van der Waals surface area contributed by atoms with Gasteiger partial charge in [-0.3, -0.25) is 0 Å². The van der Waals surface area contributed by atoms with Gasteiger partial charge in [0.2, 0.25) is 0 Å². The smallest absolute Gasteiger partial charge is 0.122 e. The largest absolute Gasteiger partial charge is 0.508 e. The Balaban J connectivity index is 2.26. The molecule has 0 bridgehead atoms. The van der Waals surface area contributed by atoms with Crippen LogP contribution < -0.4 is 5.73 Å². The molecule has 1 fully saturated rings. The van der Waals surface area contributed by atoms with Gasteiger partial charge < -0.3 is 10.8 Å². The molecule has 94 valence electrons. The van der Waals surface area contributed by atoms with E-state index in [-0.39, 0.29) is 11.8 Å². The van der Waals surface area contributed by atoms with Crippen molar-refractivity contribution >= 4 is 31.9 Å². The topological polar surface area (TPSA) is 46.2 Å². The highest BCUT2D eigenvalue weighted by atomic mass is 79.9. The summed E-state index contributed by atoms with van der Waals surface area (Å²) >= 11 is 6.86. The van der Waals surface area contributed by atoms with Crippen LogP contribution >= 0.6 is 31.9 Å². The third-order valence-electron chi connectivity index (χ3n) is 3.56. The van der Waals surface area contributed by atoms with Gasteiger partial charge in [-0.05, 0) is 30.9 Å². The molecule has 1 atom stereocenters. The van der Waals surface area contributed by atoms with Crippen molar-refractivity contribution in [3.8, 4) is 5.75 Å². The first-order chi connectivity index (χ1) is 8.09. The van der Waals surface area contributed by atoms with Crippen LogP contribution in [0.5, 0.6) is 5.75 Å². The SMILES string of the molecule is N[C@H](c1c(O)cc(Br)cc1Br)C1CCCCC1. The quantitative estimate of drug-likeness (QED) is 0.813. The molecule has 1 aromatic carbocycles. The number of nitrogens with two attached hydrogens (primary N) is 1. The maximum Gasteiger partial charge on any atom is 0.122 e. The van der Waals surface area contributed by atoms with Gasteiger partial charge in [-0.1, -0.05) is 51.1 Å². The Morgan fingerprint density at radius 1 is 1.18 bits per heavy atom. The molecule has 0 aromatic heterocycles. The lowest BCUT2D eigenvalue weighted by Gasteiger charge is -2.28. The molecular formula is C13H17Br2NO. The molecule has 17 heavy (non-hydrogen) atoms. The van der Waals surface area contributed by atoms with Gasteiger partial charge in [0.25, 0.3) is 0 Å². The zero-order valence-electron chi connectivity index (χ0n) is 9.63. The predicted molar refractivity (Wildman–Crippen MR) is 77.0 cm³/mol. The number of rotatable bonds is 2. The Morgan fingerprint density at radius 2 is 1.82 bits per heavy atom. The number of phenolic OH excluding ortho intramolecular Hbond substituents is 1. The highest BCUT2D eigenvalue weighted by molar-refractivity contribution is 9.11. The first-order valence-electron chi connectivity index (χ1n) is 6.03. The van der Waals surface area contributed by atoms with E-state index in [1.54, 1.807) is 6.07 Å². The monoisotopic (exact) mass is 361 g/mol. The summed E-state index contributed by atoms with van der Waals surface area (Å²) in [5, 5.41) is 10.0. The zero-order chi connectivity index (χ0) is 12.4. The summed E-state index contributed by atoms with van der Waals surface area (Å²) in [7, 11) is 0. The molecule has 2 rings (SSSR count). The molecule has 1 aromatic rings. The average Bonchev–Trinajstić information content (AvgIpc) is 2.28. The normalized spacial score (nSPS) is 19.2. The van der Waals surface area contributed by atoms with E-state index in [0.29, 0.717) is 5.92 Å². The summed E-state index contributed by atoms with van der Waals surface area (Å²) in [6.45, 7) is 0. The molecule has 0 radical (unpaired) electrons. The number of benzene rings is 1. The van der Waals surface area contributed by atoms with Crippen molar-refractivity contribution in [1.82, 2.24) is 0 Å². The summed E-state index contributed by atoms with van der Waals surface area (Å²) in [6.07, 6.45) is 6.17. The van der Waals surface area contributed by atoms with E-state index in [0.717, 1.165) is 14.5 Å². The van der Waals surface area contributed by atoms with Gasteiger partial charge in [-0.25, -0.2) is 0 Å². The molecule has 4 heteroatoms. The highest BCUT2D eigenvalue weighted by Gasteiger charge is 2.25. The van der Waals surface area contributed by atoms with Gasteiger partial charge in [0, 0.05) is 20.6 Å². The van der Waals surface area contributed by atoms with Crippen LogP contribution in [0.25, 0.3) is 0 Å². The average molecular weight is 363 g/mol. The fraction of sp³-hybridized carbons (Fsp3) is 0.538. The predicted octanol–water partition coefficient (Wildman–Crippen LogP) is 4.50. The first kappa shape index (κ1) is 13.4. The Hall–Kier alpha value is -0.0600. The molecule has 1 aliphatic rings. The summed E-state index contributed by atoms with van der Waals surface area (Å²) < 4.78 is 1.75. The van der Waals surface area contributed by atoms with Gasteiger partial charge >= 0.3 is 0 Å². The van der Waals surface area contributed by atoms with Gasteiger partial charge in [-0.15, -0.1) is 0 Å². The van der Waals surface area contributed by atoms with E-state index in [1.165, 1.54) is 32.1 Å². The minimum Gasteiger partial charge on any atom is -0.508 e. The van der Waals surface area contributed by atoms with E-state index in [4.69, 9.17) is 5.73 Å². The van der Waals surface area contributed by atoms with Gasteiger partial charge in [0.1, 0.15) is 5.75 Å². The number of aromatic hydroxyl groups is 1. The van der Waals surface area contributed by atoms with Gasteiger partial charge in [0.05, 0.1) is 0 Å². The molecule has 2 nitrogen and oxygen atoms in total. The molecule has 0 unspecified atom stereocenters. The van der Waals surface area contributed by atoms with Gasteiger partial charge in [0.15, 0.2) is 0 Å². The van der Waals surface area contributed by atoms with Crippen molar-refractivity contribution < 1.29 is 5.11 Å². The molecule has 0 amide bonds. The molecular weight excluding hydrogens is 346 g/mol. The van der Waals surface area contributed by atoms with Crippen molar-refractivity contribution in [2.45, 2.75) is 38.1 Å². The maximum absolute atomic E-state index is 10.0. The van der Waals surface area contributed by atoms with E-state index in [9.17, 15) is 5.11 Å². The van der Waals surface area contributed by atoms with Crippen LogP contribution in [-0.2, 0) is 0 Å². The standard InChI is InChI=1S/C13H17Br2NO/c14-9-6-10(15)12(11(17)7-9)13(16)8-4-2-1-3-5-8/h6-8,13,17H,1-5,16H2/t13-/m0/s1. The summed E-state index contributed by atoms with van der Waals surface area (Å²) in [4.78, 5) is 0. The van der Waals surface area contributed by atoms with Gasteiger partial charge in [-0.2, -0.15) is 0 Å². The minimum atomic E-state index is -0.0715. The molecule has 0 aliphatic heterocycles. The Morgan fingerprint density at radius 3 is 2.41 bits per heavy atom. The number of halogens is 2. The van der Waals surface area contributed by atoms with Crippen LogP contribution in [-0.4, -0.2) is 5.11 Å². The molecule has 1 saturated carbocycles. The third-order valence-corrected chi connectivity index (χ3v) is 4.68. The first-order valence-corrected chi connectivity index (χ1v) is 7.61. The van der Waals surface area contributed by atoms with E-state index < -0.39 is 0 Å². The lowest BCUT2D eigenvalue weighted by atomic mass is 9.81. The second kappa shape index (κ2) is 5.72. The Labute approximate surface area is 119 Å². The van der Waals surface area contributed by atoms with Crippen molar-refractivity contribution in [1.29, 1.82) is 0 Å². The van der Waals surface area contributed by atoms with Crippen LogP contribution in [0.4, 0.5) is 0 Å². The molecule has 0 saturated heterocycles. The van der Waals surface area contributed by atoms with Crippen molar-refractivity contribution in [3.05, 3.63) is 26.6 Å². The summed E-state index contributed by atoms with van der Waals surface area (Å²) in [6, 6.07) is 3.58. The number of hydrogen-bond acceptors (Lipinski definition) is 2. The van der Waals surface area contributed by atoms with Crippen molar-refractivity contribution in [3.63, 3.8) is 0 Å². The minimum absolute atomic E-state index is 0.0715. The summed E-state index contributed by atoms with van der Waals surface area (Å²) in [5.41, 5.74) is 7.16. The number of phenols is 1. The Kier molecular flexibility index (Phi) is 4.50. The molecule has 0 spiro atoms. The second-order valence-corrected chi connectivity index (χ2v) is 6.51. The van der Waals surface area contributed by atoms with Crippen LogP contribution in [0.3, 0.4) is 0 Å². The van der Waals surface area contributed by atoms with E-state index >= 15 is 0 Å². The third kappa shape index (κ3) is 3.04. The van der Waals surface area contributed by atoms with Crippen LogP contribution in [0.1, 0.15) is 43.7 Å². The van der Waals surface area contributed by atoms with E-state index in [1.807, 2.05) is 6.07 Å². The second-order valence-electron chi connectivity index (χ2n) is 4.74. The maximum atomic E-state index is 10.0. The van der Waals surface area contributed by atoms with Crippen LogP contribution in [0.15, 0.2) is 21.1 Å². The molecule has 1 aliphatic carbocycles. The van der Waals surface area contributed by atoms with Crippen molar-refractivity contribution in [2.75, 3.05) is 0 Å². The number of hydrogen-bond donors (Lipinski definition) is 2. The lowest BCUT2D eigenvalue weighted by molar-refractivity contribution is 0.302. The van der Waals surface area contributed by atoms with Crippen LogP contribution in [0.2, 0.25) is 0 Å². The lowest BCUT2D eigenvalue weighted by Crippen LogP contribution is -2.24. The van der Waals surface area contributed by atoms with Crippen LogP contribution in [0, 0.1) is 5.92 Å². The van der Waals surface area contributed by atoms with E-state index in [2.05, 4.69) is 31.9 Å².